The van der Waals surface area contributed by atoms with E-state index < -0.39 is 10.0 Å². The van der Waals surface area contributed by atoms with Gasteiger partial charge in [0.15, 0.2) is 0 Å². The number of carbonyl (C=O) groups excluding carboxylic acids is 1. The first-order chi connectivity index (χ1) is 11.9. The van der Waals surface area contributed by atoms with Crippen molar-refractivity contribution >= 4 is 21.6 Å². The summed E-state index contributed by atoms with van der Waals surface area (Å²) in [7, 11) is -3.68. The second-order valence-corrected chi connectivity index (χ2v) is 7.55. The van der Waals surface area contributed by atoms with Gasteiger partial charge < -0.3 is 11.1 Å². The molecule has 2 aromatic rings. The number of carbonyl (C=O) groups is 1. The Balaban J connectivity index is 2.07. The molecule has 1 atom stereocenters. The van der Waals surface area contributed by atoms with E-state index in [2.05, 4.69) is 10.0 Å². The smallest absolute Gasteiger partial charge is 0.261 e. The second kappa shape index (κ2) is 8.64. The summed E-state index contributed by atoms with van der Waals surface area (Å²) in [6.45, 7) is 2.09. The summed E-state index contributed by atoms with van der Waals surface area (Å²) in [5.41, 5.74) is 6.77. The Morgan fingerprint density at radius 2 is 1.72 bits per heavy atom. The van der Waals surface area contributed by atoms with Crippen molar-refractivity contribution < 1.29 is 13.2 Å². The molecular formula is C18H23N3O3S. The zero-order chi connectivity index (χ0) is 18.3. The first-order valence-electron chi connectivity index (χ1n) is 8.06. The Kier molecular flexibility index (Phi) is 6.55. The Morgan fingerprint density at radius 3 is 2.40 bits per heavy atom. The Hall–Kier alpha value is -2.38. The van der Waals surface area contributed by atoms with Crippen LogP contribution in [0.4, 0.5) is 5.69 Å². The average Bonchev–Trinajstić information content (AvgIpc) is 2.59. The van der Waals surface area contributed by atoms with Gasteiger partial charge in [0, 0.05) is 19.0 Å². The number of rotatable bonds is 8. The molecule has 2 rings (SSSR count). The lowest BCUT2D eigenvalue weighted by atomic mass is 10.1. The maximum absolute atomic E-state index is 12.5. The third-order valence-corrected chi connectivity index (χ3v) is 5.00. The van der Waals surface area contributed by atoms with Gasteiger partial charge in [0.1, 0.15) is 0 Å². The van der Waals surface area contributed by atoms with Gasteiger partial charge in [0.2, 0.25) is 5.91 Å². The predicted octanol–water partition coefficient (Wildman–Crippen LogP) is 2.23. The summed E-state index contributed by atoms with van der Waals surface area (Å²) in [5, 5.41) is 2.79. The highest BCUT2D eigenvalue weighted by atomic mass is 32.2. The Morgan fingerprint density at radius 1 is 1.08 bits per heavy atom. The molecule has 0 fully saturated rings. The molecule has 0 heterocycles. The predicted molar refractivity (Wildman–Crippen MR) is 98.4 cm³/mol. The van der Waals surface area contributed by atoms with E-state index >= 15 is 0 Å². The van der Waals surface area contributed by atoms with Crippen LogP contribution in [0.3, 0.4) is 0 Å². The SMILES string of the molecule is CC(N)CCC(=O)NCc1ccccc1NS(=O)(=O)c1ccccc1. The number of sulfonamides is 1. The molecule has 1 unspecified atom stereocenters. The van der Waals surface area contributed by atoms with Crippen molar-refractivity contribution in [3.8, 4) is 0 Å². The molecule has 0 bridgehead atoms. The van der Waals surface area contributed by atoms with Crippen LogP contribution in [0.2, 0.25) is 0 Å². The molecule has 0 aliphatic rings. The molecule has 4 N–H and O–H groups in total. The quantitative estimate of drug-likeness (QED) is 0.671. The second-order valence-electron chi connectivity index (χ2n) is 5.87. The topological polar surface area (TPSA) is 101 Å². The van der Waals surface area contributed by atoms with Crippen molar-refractivity contribution in [2.45, 2.75) is 37.2 Å². The van der Waals surface area contributed by atoms with Crippen LogP contribution in [-0.2, 0) is 21.4 Å². The van der Waals surface area contributed by atoms with Crippen molar-refractivity contribution in [1.29, 1.82) is 0 Å². The zero-order valence-electron chi connectivity index (χ0n) is 14.1. The molecule has 7 heteroatoms. The van der Waals surface area contributed by atoms with E-state index in [1.165, 1.54) is 12.1 Å². The molecule has 0 aliphatic heterocycles. The first-order valence-corrected chi connectivity index (χ1v) is 9.55. The maximum Gasteiger partial charge on any atom is 0.261 e. The van der Waals surface area contributed by atoms with E-state index in [9.17, 15) is 13.2 Å². The largest absolute Gasteiger partial charge is 0.352 e. The number of benzene rings is 2. The van der Waals surface area contributed by atoms with Crippen LogP contribution in [0.15, 0.2) is 59.5 Å². The van der Waals surface area contributed by atoms with Crippen LogP contribution in [0.1, 0.15) is 25.3 Å². The number of nitrogens with one attached hydrogen (secondary N) is 2. The summed E-state index contributed by atoms with van der Waals surface area (Å²) >= 11 is 0. The van der Waals surface area contributed by atoms with Crippen molar-refractivity contribution in [2.75, 3.05) is 4.72 Å². The fraction of sp³-hybridized carbons (Fsp3) is 0.278. The highest BCUT2D eigenvalue weighted by Gasteiger charge is 2.15. The number of hydrogen-bond acceptors (Lipinski definition) is 4. The van der Waals surface area contributed by atoms with Crippen LogP contribution in [0.25, 0.3) is 0 Å². The summed E-state index contributed by atoms with van der Waals surface area (Å²) in [4.78, 5) is 12.0. The minimum atomic E-state index is -3.68. The Bertz CT molecular complexity index is 805. The molecule has 134 valence electrons. The van der Waals surface area contributed by atoms with Gasteiger partial charge in [-0.25, -0.2) is 8.42 Å². The van der Waals surface area contributed by atoms with Crippen molar-refractivity contribution in [1.82, 2.24) is 5.32 Å². The monoisotopic (exact) mass is 361 g/mol. The summed E-state index contributed by atoms with van der Waals surface area (Å²) in [6, 6.07) is 15.1. The number of hydrogen-bond donors (Lipinski definition) is 3. The van der Waals surface area contributed by atoms with Gasteiger partial charge in [-0.05, 0) is 37.1 Å². The molecule has 6 nitrogen and oxygen atoms in total. The lowest BCUT2D eigenvalue weighted by Crippen LogP contribution is -2.26. The lowest BCUT2D eigenvalue weighted by Gasteiger charge is -2.13. The van der Waals surface area contributed by atoms with Crippen molar-refractivity contribution in [3.05, 3.63) is 60.2 Å². The van der Waals surface area contributed by atoms with Crippen molar-refractivity contribution in [3.63, 3.8) is 0 Å². The van der Waals surface area contributed by atoms with Gasteiger partial charge in [-0.2, -0.15) is 0 Å². The van der Waals surface area contributed by atoms with Gasteiger partial charge in [0.25, 0.3) is 10.0 Å². The third kappa shape index (κ3) is 5.88. The van der Waals surface area contributed by atoms with E-state index in [1.807, 2.05) is 6.92 Å². The van der Waals surface area contributed by atoms with Gasteiger partial charge >= 0.3 is 0 Å². The molecule has 0 aliphatic carbocycles. The highest BCUT2D eigenvalue weighted by Crippen LogP contribution is 2.20. The van der Waals surface area contributed by atoms with Gasteiger partial charge in [0.05, 0.1) is 10.6 Å². The number of para-hydroxylation sites is 1. The lowest BCUT2D eigenvalue weighted by molar-refractivity contribution is -0.121. The minimum Gasteiger partial charge on any atom is -0.352 e. The highest BCUT2D eigenvalue weighted by molar-refractivity contribution is 7.92. The van der Waals surface area contributed by atoms with Crippen LogP contribution in [0.5, 0.6) is 0 Å². The van der Waals surface area contributed by atoms with Crippen LogP contribution in [0, 0.1) is 0 Å². The zero-order valence-corrected chi connectivity index (χ0v) is 14.9. The molecule has 0 radical (unpaired) electrons. The van der Waals surface area contributed by atoms with Crippen LogP contribution in [-0.4, -0.2) is 20.4 Å². The molecule has 0 aromatic heterocycles. The average molecular weight is 361 g/mol. The maximum atomic E-state index is 12.5. The van der Waals surface area contributed by atoms with Gasteiger partial charge in [-0.15, -0.1) is 0 Å². The molecule has 2 aromatic carbocycles. The third-order valence-electron chi connectivity index (χ3n) is 3.62. The van der Waals surface area contributed by atoms with E-state index in [4.69, 9.17) is 5.73 Å². The normalized spacial score (nSPS) is 12.4. The standard InChI is InChI=1S/C18H23N3O3S/c1-14(19)11-12-18(22)20-13-15-7-5-6-10-17(15)21-25(23,24)16-8-3-2-4-9-16/h2-10,14,21H,11-13,19H2,1H3,(H,20,22). The van der Waals surface area contributed by atoms with E-state index in [-0.39, 0.29) is 23.4 Å². The Labute approximate surface area is 148 Å². The van der Waals surface area contributed by atoms with Crippen LogP contribution < -0.4 is 15.8 Å². The van der Waals surface area contributed by atoms with Gasteiger partial charge in [-0.1, -0.05) is 36.4 Å². The number of anilines is 1. The van der Waals surface area contributed by atoms with Crippen molar-refractivity contribution in [2.24, 2.45) is 5.73 Å². The van der Waals surface area contributed by atoms with E-state index in [1.54, 1.807) is 42.5 Å². The number of amides is 1. The fourth-order valence-corrected chi connectivity index (χ4v) is 3.34. The molecule has 25 heavy (non-hydrogen) atoms. The number of nitrogens with two attached hydrogens (primary N) is 1. The molecular weight excluding hydrogens is 338 g/mol. The van der Waals surface area contributed by atoms with Crippen LogP contribution >= 0.6 is 0 Å². The van der Waals surface area contributed by atoms with E-state index in [0.29, 0.717) is 24.1 Å². The molecule has 0 spiro atoms. The van der Waals surface area contributed by atoms with E-state index in [0.717, 1.165) is 0 Å². The summed E-state index contributed by atoms with van der Waals surface area (Å²) in [5.74, 6) is -0.113. The first kappa shape index (κ1) is 19.0. The summed E-state index contributed by atoms with van der Waals surface area (Å²) < 4.78 is 27.5. The summed E-state index contributed by atoms with van der Waals surface area (Å²) in [6.07, 6.45) is 0.948. The molecule has 1 amide bonds. The molecule has 0 saturated heterocycles. The van der Waals surface area contributed by atoms with Gasteiger partial charge in [-0.3, -0.25) is 9.52 Å². The molecule has 0 saturated carbocycles. The minimum absolute atomic E-state index is 0.0317. The fourth-order valence-electron chi connectivity index (χ4n) is 2.22.